The molecule has 0 spiro atoms. The lowest BCUT2D eigenvalue weighted by molar-refractivity contribution is -0.124. The van der Waals surface area contributed by atoms with Gasteiger partial charge in [0.1, 0.15) is 6.04 Å². The molecular weight excluding hydrogens is 384 g/mol. The first kappa shape index (κ1) is 20.6. The number of allylic oxidation sites excluding steroid dienone is 1. The van der Waals surface area contributed by atoms with E-state index in [4.69, 9.17) is 0 Å². The number of rotatable bonds is 6. The first-order chi connectivity index (χ1) is 15.1. The summed E-state index contributed by atoms with van der Waals surface area (Å²) < 4.78 is 0. The number of Topliss-reactive ketones (excluding diaryl/α,β-unsaturated/α-hetero) is 1. The summed E-state index contributed by atoms with van der Waals surface area (Å²) in [6, 6.07) is 26.8. The standard InChI is InChI=1S/C27H26N2O2/c1-3-24-25(27(31)28-26(19(2)30)20-12-6-4-7-13-20)23-17-11-10-14-21(23)18-29(24)22-15-8-5-9-16-22/h4-17,26H,3,18H2,1-2H3,(H,28,31)/t26-/m1/s1. The minimum atomic E-state index is -0.682. The fraction of sp³-hybridized carbons (Fsp3) is 0.185. The zero-order chi connectivity index (χ0) is 21.8. The van der Waals surface area contributed by atoms with Gasteiger partial charge in [0.2, 0.25) is 0 Å². The van der Waals surface area contributed by atoms with Crippen LogP contribution in [0.2, 0.25) is 0 Å². The molecule has 1 aliphatic heterocycles. The first-order valence-corrected chi connectivity index (χ1v) is 10.6. The van der Waals surface area contributed by atoms with Gasteiger partial charge in [0.15, 0.2) is 5.78 Å². The lowest BCUT2D eigenvalue weighted by Gasteiger charge is -2.35. The van der Waals surface area contributed by atoms with Gasteiger partial charge in [-0.3, -0.25) is 9.59 Å². The average molecular weight is 411 g/mol. The van der Waals surface area contributed by atoms with Crippen molar-refractivity contribution in [2.45, 2.75) is 32.9 Å². The number of carbonyl (C=O) groups is 2. The Morgan fingerprint density at radius 2 is 1.52 bits per heavy atom. The third-order valence-electron chi connectivity index (χ3n) is 5.67. The lowest BCUT2D eigenvalue weighted by atomic mass is 9.90. The molecule has 1 atom stereocenters. The third kappa shape index (κ3) is 4.15. The topological polar surface area (TPSA) is 49.4 Å². The summed E-state index contributed by atoms with van der Waals surface area (Å²) in [5.74, 6) is -0.323. The normalized spacial score (nSPS) is 14.1. The number of anilines is 1. The Morgan fingerprint density at radius 1 is 0.903 bits per heavy atom. The Kier molecular flexibility index (Phi) is 5.99. The molecule has 0 aliphatic carbocycles. The molecule has 0 unspecified atom stereocenters. The van der Waals surface area contributed by atoms with Gasteiger partial charge in [0.25, 0.3) is 5.91 Å². The second-order valence-corrected chi connectivity index (χ2v) is 7.68. The zero-order valence-corrected chi connectivity index (χ0v) is 17.8. The number of carbonyl (C=O) groups excluding carboxylic acids is 2. The van der Waals surface area contributed by atoms with Gasteiger partial charge in [0, 0.05) is 17.9 Å². The molecule has 0 saturated heterocycles. The van der Waals surface area contributed by atoms with Crippen molar-refractivity contribution in [3.8, 4) is 0 Å². The van der Waals surface area contributed by atoms with E-state index in [1.165, 1.54) is 6.92 Å². The van der Waals surface area contributed by atoms with Crippen LogP contribution in [0.5, 0.6) is 0 Å². The highest BCUT2D eigenvalue weighted by atomic mass is 16.2. The van der Waals surface area contributed by atoms with Crippen LogP contribution < -0.4 is 10.2 Å². The lowest BCUT2D eigenvalue weighted by Crippen LogP contribution is -2.37. The molecule has 4 heteroatoms. The number of para-hydroxylation sites is 1. The molecule has 0 aromatic heterocycles. The van der Waals surface area contributed by atoms with Gasteiger partial charge in [-0.15, -0.1) is 0 Å². The number of benzene rings is 3. The zero-order valence-electron chi connectivity index (χ0n) is 17.8. The van der Waals surface area contributed by atoms with Gasteiger partial charge in [-0.25, -0.2) is 0 Å². The Balaban J connectivity index is 1.79. The molecule has 1 heterocycles. The van der Waals surface area contributed by atoms with Crippen LogP contribution in [0.15, 0.2) is 90.6 Å². The SMILES string of the molecule is CCC1=C(C(=O)N[C@H](C(C)=O)c2ccccc2)c2ccccc2CN1c1ccccc1. The molecule has 156 valence electrons. The van der Waals surface area contributed by atoms with Gasteiger partial charge in [0.05, 0.1) is 5.57 Å². The molecular formula is C27H26N2O2. The molecule has 4 nitrogen and oxygen atoms in total. The number of fused-ring (bicyclic) bond motifs is 1. The van der Waals surface area contributed by atoms with Crippen molar-refractivity contribution in [3.05, 3.63) is 107 Å². The van der Waals surface area contributed by atoms with Crippen molar-refractivity contribution >= 4 is 23.0 Å². The minimum Gasteiger partial charge on any atom is -0.340 e. The van der Waals surface area contributed by atoms with Crippen LogP contribution in [0.3, 0.4) is 0 Å². The molecule has 3 aromatic carbocycles. The van der Waals surface area contributed by atoms with E-state index in [0.717, 1.165) is 28.1 Å². The molecule has 0 saturated carbocycles. The Hall–Kier alpha value is -3.66. The number of amides is 1. The molecule has 0 bridgehead atoms. The van der Waals surface area contributed by atoms with Gasteiger partial charge in [-0.05, 0) is 42.2 Å². The summed E-state index contributed by atoms with van der Waals surface area (Å²) in [5, 5.41) is 3.01. The smallest absolute Gasteiger partial charge is 0.254 e. The summed E-state index contributed by atoms with van der Waals surface area (Å²) in [6.45, 7) is 4.28. The highest BCUT2D eigenvalue weighted by Gasteiger charge is 2.30. The predicted octanol–water partition coefficient (Wildman–Crippen LogP) is 5.27. The highest BCUT2D eigenvalue weighted by Crippen LogP contribution is 2.37. The van der Waals surface area contributed by atoms with E-state index in [1.54, 1.807) is 0 Å². The highest BCUT2D eigenvalue weighted by molar-refractivity contribution is 6.22. The van der Waals surface area contributed by atoms with Gasteiger partial charge in [-0.1, -0.05) is 79.7 Å². The number of ketones is 1. The summed E-state index contributed by atoms with van der Waals surface area (Å²) in [5.41, 5.74) is 5.44. The van der Waals surface area contributed by atoms with Crippen LogP contribution in [0.1, 0.15) is 43.0 Å². The fourth-order valence-electron chi connectivity index (χ4n) is 4.20. The summed E-state index contributed by atoms with van der Waals surface area (Å²) in [6.07, 6.45) is 0.696. The van der Waals surface area contributed by atoms with E-state index >= 15 is 0 Å². The number of hydrogen-bond donors (Lipinski definition) is 1. The predicted molar refractivity (Wildman–Crippen MR) is 124 cm³/mol. The largest absolute Gasteiger partial charge is 0.340 e. The van der Waals surface area contributed by atoms with Crippen LogP contribution >= 0.6 is 0 Å². The van der Waals surface area contributed by atoms with E-state index in [0.29, 0.717) is 18.5 Å². The number of nitrogens with one attached hydrogen (secondary N) is 1. The Morgan fingerprint density at radius 3 is 2.16 bits per heavy atom. The minimum absolute atomic E-state index is 0.0952. The molecule has 1 amide bonds. The maximum absolute atomic E-state index is 13.6. The van der Waals surface area contributed by atoms with Crippen LogP contribution in [0.4, 0.5) is 5.69 Å². The summed E-state index contributed by atoms with van der Waals surface area (Å²) in [4.78, 5) is 28.2. The molecule has 3 aromatic rings. The van der Waals surface area contributed by atoms with E-state index < -0.39 is 6.04 Å². The van der Waals surface area contributed by atoms with Crippen molar-refractivity contribution in [1.82, 2.24) is 5.32 Å². The maximum atomic E-state index is 13.6. The molecule has 0 radical (unpaired) electrons. The van der Waals surface area contributed by atoms with Gasteiger partial charge in [-0.2, -0.15) is 0 Å². The van der Waals surface area contributed by atoms with Gasteiger partial charge >= 0.3 is 0 Å². The van der Waals surface area contributed by atoms with Crippen LogP contribution in [0, 0.1) is 0 Å². The third-order valence-corrected chi connectivity index (χ3v) is 5.67. The number of nitrogens with zero attached hydrogens (tertiary/aromatic N) is 1. The van der Waals surface area contributed by atoms with Crippen LogP contribution in [-0.4, -0.2) is 11.7 Å². The van der Waals surface area contributed by atoms with Crippen LogP contribution in [0.25, 0.3) is 5.57 Å². The quantitative estimate of drug-likeness (QED) is 0.602. The molecule has 4 rings (SSSR count). The Bertz CT molecular complexity index is 1120. The Labute approximate surface area is 183 Å². The molecule has 1 N–H and O–H groups in total. The van der Waals surface area contributed by atoms with E-state index in [2.05, 4.69) is 35.3 Å². The monoisotopic (exact) mass is 410 g/mol. The van der Waals surface area contributed by atoms with Crippen LogP contribution in [-0.2, 0) is 16.1 Å². The first-order valence-electron chi connectivity index (χ1n) is 10.6. The van der Waals surface area contributed by atoms with Gasteiger partial charge < -0.3 is 10.2 Å². The van der Waals surface area contributed by atoms with Crippen molar-refractivity contribution in [1.29, 1.82) is 0 Å². The molecule has 0 fully saturated rings. The van der Waals surface area contributed by atoms with Crippen molar-refractivity contribution in [2.75, 3.05) is 4.90 Å². The van der Waals surface area contributed by atoms with E-state index in [1.807, 2.05) is 66.7 Å². The van der Waals surface area contributed by atoms with E-state index in [9.17, 15) is 9.59 Å². The molecule has 31 heavy (non-hydrogen) atoms. The molecule has 1 aliphatic rings. The average Bonchev–Trinajstić information content (AvgIpc) is 2.82. The van der Waals surface area contributed by atoms with Crippen molar-refractivity contribution in [2.24, 2.45) is 0 Å². The summed E-state index contributed by atoms with van der Waals surface area (Å²) >= 11 is 0. The van der Waals surface area contributed by atoms with E-state index in [-0.39, 0.29) is 11.7 Å². The van der Waals surface area contributed by atoms with Crippen molar-refractivity contribution < 1.29 is 9.59 Å². The second-order valence-electron chi connectivity index (χ2n) is 7.68. The second kappa shape index (κ2) is 9.00. The fourth-order valence-corrected chi connectivity index (χ4v) is 4.20. The maximum Gasteiger partial charge on any atom is 0.254 e. The number of hydrogen-bond acceptors (Lipinski definition) is 3. The van der Waals surface area contributed by atoms with Crippen molar-refractivity contribution in [3.63, 3.8) is 0 Å². The summed E-state index contributed by atoms with van der Waals surface area (Å²) in [7, 11) is 0.